The first-order valence-corrected chi connectivity index (χ1v) is 6.99. The van der Waals surface area contributed by atoms with Crippen molar-refractivity contribution in [3.05, 3.63) is 0 Å². The number of aliphatic hydroxyl groups is 1. The summed E-state index contributed by atoms with van der Waals surface area (Å²) in [6, 6.07) is 0. The van der Waals surface area contributed by atoms with Crippen LogP contribution in [0.15, 0.2) is 0 Å². The van der Waals surface area contributed by atoms with E-state index < -0.39 is 0 Å². The molecule has 2 heteroatoms. The van der Waals surface area contributed by atoms with Crippen molar-refractivity contribution in [2.24, 2.45) is 11.8 Å². The SMILES string of the molecule is CCCC(C)C(O)C1CCOC2(CCC2)C1. The molecule has 0 bridgehead atoms. The van der Waals surface area contributed by atoms with Crippen molar-refractivity contribution in [1.29, 1.82) is 0 Å². The van der Waals surface area contributed by atoms with E-state index in [0.717, 1.165) is 25.9 Å². The van der Waals surface area contributed by atoms with Crippen molar-refractivity contribution in [2.75, 3.05) is 6.61 Å². The van der Waals surface area contributed by atoms with Gasteiger partial charge in [0.15, 0.2) is 0 Å². The van der Waals surface area contributed by atoms with E-state index in [1.807, 2.05) is 0 Å². The molecule has 1 saturated heterocycles. The molecule has 1 N–H and O–H groups in total. The Balaban J connectivity index is 1.88. The van der Waals surface area contributed by atoms with Crippen molar-refractivity contribution < 1.29 is 9.84 Å². The van der Waals surface area contributed by atoms with E-state index in [-0.39, 0.29) is 11.7 Å². The quantitative estimate of drug-likeness (QED) is 0.798. The summed E-state index contributed by atoms with van der Waals surface area (Å²) in [5, 5.41) is 10.4. The van der Waals surface area contributed by atoms with Gasteiger partial charge in [0.25, 0.3) is 0 Å². The van der Waals surface area contributed by atoms with Crippen LogP contribution >= 0.6 is 0 Å². The van der Waals surface area contributed by atoms with E-state index in [2.05, 4.69) is 13.8 Å². The van der Waals surface area contributed by atoms with Crippen LogP contribution in [0.3, 0.4) is 0 Å². The Morgan fingerprint density at radius 1 is 1.44 bits per heavy atom. The molecule has 3 unspecified atom stereocenters. The van der Waals surface area contributed by atoms with Crippen LogP contribution < -0.4 is 0 Å². The number of ether oxygens (including phenoxy) is 1. The smallest absolute Gasteiger partial charge is 0.0686 e. The van der Waals surface area contributed by atoms with Crippen molar-refractivity contribution in [3.63, 3.8) is 0 Å². The molecule has 0 aromatic rings. The molecule has 2 fully saturated rings. The van der Waals surface area contributed by atoms with E-state index in [1.54, 1.807) is 0 Å². The summed E-state index contributed by atoms with van der Waals surface area (Å²) in [5.41, 5.74) is 0.176. The van der Waals surface area contributed by atoms with Gasteiger partial charge in [-0.15, -0.1) is 0 Å². The molecule has 1 spiro atoms. The first-order chi connectivity index (χ1) is 7.67. The van der Waals surface area contributed by atoms with Crippen LogP contribution in [0.2, 0.25) is 0 Å². The molecule has 2 nitrogen and oxygen atoms in total. The first kappa shape index (κ1) is 12.4. The van der Waals surface area contributed by atoms with Crippen LogP contribution in [-0.4, -0.2) is 23.4 Å². The van der Waals surface area contributed by atoms with Crippen LogP contribution in [0, 0.1) is 11.8 Å². The van der Waals surface area contributed by atoms with Crippen molar-refractivity contribution >= 4 is 0 Å². The van der Waals surface area contributed by atoms with Gasteiger partial charge in [0, 0.05) is 6.61 Å². The van der Waals surface area contributed by atoms with Gasteiger partial charge in [0.1, 0.15) is 0 Å². The lowest BCUT2D eigenvalue weighted by molar-refractivity contribution is -0.160. The Morgan fingerprint density at radius 2 is 2.19 bits per heavy atom. The third kappa shape index (κ3) is 2.43. The molecule has 0 aromatic heterocycles. The molecular weight excluding hydrogens is 200 g/mol. The minimum Gasteiger partial charge on any atom is -0.393 e. The molecule has 16 heavy (non-hydrogen) atoms. The largest absolute Gasteiger partial charge is 0.393 e. The molecule has 3 atom stereocenters. The van der Waals surface area contributed by atoms with E-state index in [9.17, 15) is 5.11 Å². The van der Waals surface area contributed by atoms with Gasteiger partial charge in [-0.3, -0.25) is 0 Å². The van der Waals surface area contributed by atoms with Crippen molar-refractivity contribution in [2.45, 2.75) is 70.5 Å². The average Bonchev–Trinajstić information content (AvgIpc) is 2.26. The highest BCUT2D eigenvalue weighted by Crippen LogP contribution is 2.45. The first-order valence-electron chi connectivity index (χ1n) is 6.99. The van der Waals surface area contributed by atoms with E-state index >= 15 is 0 Å². The van der Waals surface area contributed by atoms with Crippen molar-refractivity contribution in [3.8, 4) is 0 Å². The second-order valence-electron chi connectivity index (χ2n) is 5.89. The van der Waals surface area contributed by atoms with Gasteiger partial charge in [-0.25, -0.2) is 0 Å². The molecule has 94 valence electrons. The van der Waals surface area contributed by atoms with Crippen LogP contribution in [0.5, 0.6) is 0 Å². The molecule has 2 rings (SSSR count). The Kier molecular flexibility index (Phi) is 3.91. The normalized spacial score (nSPS) is 32.1. The zero-order chi connectivity index (χ0) is 11.6. The van der Waals surface area contributed by atoms with Gasteiger partial charge in [0.05, 0.1) is 11.7 Å². The highest BCUT2D eigenvalue weighted by atomic mass is 16.5. The molecule has 0 amide bonds. The molecule has 1 heterocycles. The Labute approximate surface area is 99.4 Å². The zero-order valence-electron chi connectivity index (χ0n) is 10.7. The zero-order valence-corrected chi connectivity index (χ0v) is 10.7. The third-order valence-corrected chi connectivity index (χ3v) is 4.61. The van der Waals surface area contributed by atoms with Crippen LogP contribution in [0.25, 0.3) is 0 Å². The standard InChI is InChI=1S/C14H26O2/c1-3-5-11(2)13(15)12-6-9-16-14(10-12)7-4-8-14/h11-13,15H,3-10H2,1-2H3. The summed E-state index contributed by atoms with van der Waals surface area (Å²) in [7, 11) is 0. The maximum absolute atomic E-state index is 10.4. The van der Waals surface area contributed by atoms with Gasteiger partial charge in [-0.1, -0.05) is 20.3 Å². The van der Waals surface area contributed by atoms with E-state index in [1.165, 1.54) is 25.7 Å². The molecule has 0 radical (unpaired) electrons. The van der Waals surface area contributed by atoms with Gasteiger partial charge in [-0.2, -0.15) is 0 Å². The minimum absolute atomic E-state index is 0.110. The molecular formula is C14H26O2. The van der Waals surface area contributed by atoms with Gasteiger partial charge < -0.3 is 9.84 Å². The lowest BCUT2D eigenvalue weighted by atomic mass is 9.69. The number of hydrogen-bond donors (Lipinski definition) is 1. The summed E-state index contributed by atoms with van der Waals surface area (Å²) >= 11 is 0. The van der Waals surface area contributed by atoms with Crippen LogP contribution in [0.4, 0.5) is 0 Å². The lowest BCUT2D eigenvalue weighted by Gasteiger charge is -2.48. The molecule has 1 aliphatic carbocycles. The summed E-state index contributed by atoms with van der Waals surface area (Å²) in [6.45, 7) is 5.25. The Bertz CT molecular complexity index is 223. The van der Waals surface area contributed by atoms with E-state index in [4.69, 9.17) is 4.74 Å². The Morgan fingerprint density at radius 3 is 2.75 bits per heavy atom. The Hall–Kier alpha value is -0.0800. The fraction of sp³-hybridized carbons (Fsp3) is 1.00. The van der Waals surface area contributed by atoms with E-state index in [0.29, 0.717) is 11.8 Å². The summed E-state index contributed by atoms with van der Waals surface area (Å²) in [5.74, 6) is 0.931. The molecule has 1 aliphatic heterocycles. The molecule has 1 saturated carbocycles. The number of aliphatic hydroxyl groups excluding tert-OH is 1. The molecule has 2 aliphatic rings. The fourth-order valence-corrected chi connectivity index (χ4v) is 3.37. The average molecular weight is 226 g/mol. The predicted octanol–water partition coefficient (Wildman–Crippen LogP) is 3.13. The molecule has 0 aromatic carbocycles. The number of rotatable bonds is 4. The van der Waals surface area contributed by atoms with Gasteiger partial charge in [0.2, 0.25) is 0 Å². The monoisotopic (exact) mass is 226 g/mol. The lowest BCUT2D eigenvalue weighted by Crippen LogP contribution is -2.48. The van der Waals surface area contributed by atoms with Gasteiger partial charge in [-0.05, 0) is 50.4 Å². The van der Waals surface area contributed by atoms with Crippen LogP contribution in [-0.2, 0) is 4.74 Å². The third-order valence-electron chi connectivity index (χ3n) is 4.61. The van der Waals surface area contributed by atoms with Crippen molar-refractivity contribution in [1.82, 2.24) is 0 Å². The second kappa shape index (κ2) is 5.05. The predicted molar refractivity (Wildman–Crippen MR) is 65.3 cm³/mol. The summed E-state index contributed by atoms with van der Waals surface area (Å²) < 4.78 is 5.91. The van der Waals surface area contributed by atoms with Crippen LogP contribution in [0.1, 0.15) is 58.8 Å². The highest BCUT2D eigenvalue weighted by Gasteiger charge is 2.44. The second-order valence-corrected chi connectivity index (χ2v) is 5.89. The number of hydrogen-bond acceptors (Lipinski definition) is 2. The summed E-state index contributed by atoms with van der Waals surface area (Å²) in [4.78, 5) is 0. The topological polar surface area (TPSA) is 29.5 Å². The highest BCUT2D eigenvalue weighted by molar-refractivity contribution is 4.95. The summed E-state index contributed by atoms with van der Waals surface area (Å²) in [6.07, 6.45) is 8.11. The minimum atomic E-state index is -0.110. The fourth-order valence-electron chi connectivity index (χ4n) is 3.37. The van der Waals surface area contributed by atoms with Gasteiger partial charge >= 0.3 is 0 Å². The maximum atomic E-state index is 10.4. The maximum Gasteiger partial charge on any atom is 0.0686 e.